The van der Waals surface area contributed by atoms with Crippen molar-refractivity contribution in [3.05, 3.63) is 30.3 Å². The van der Waals surface area contributed by atoms with Gasteiger partial charge in [-0.2, -0.15) is 0 Å². The molecule has 0 saturated carbocycles. The van der Waals surface area contributed by atoms with Gasteiger partial charge in [0.2, 0.25) is 0 Å². The second-order valence-corrected chi connectivity index (χ2v) is 3.09. The second-order valence-electron chi connectivity index (χ2n) is 1.94. The number of carbonyl (C=O) groups is 1. The zero-order chi connectivity index (χ0) is 8.69. The van der Waals surface area contributed by atoms with Gasteiger partial charge < -0.3 is 10.2 Å². The van der Waals surface area contributed by atoms with Crippen LogP contribution in [0.3, 0.4) is 0 Å². The summed E-state index contributed by atoms with van der Waals surface area (Å²) in [6.07, 6.45) is -1.83. The van der Waals surface area contributed by atoms with Crippen LogP contribution in [0.25, 0.3) is 0 Å². The molecular weight excluding hydrogens is 155 g/mol. The van der Waals surface area contributed by atoms with Crippen LogP contribution < -0.4 is 2.81 Å². The van der Waals surface area contributed by atoms with E-state index in [0.29, 0.717) is 0 Å². The van der Waals surface area contributed by atoms with Crippen molar-refractivity contribution in [1.82, 2.24) is 0 Å². The van der Waals surface area contributed by atoms with Crippen LogP contribution in [0.5, 0.6) is 0 Å². The molecule has 0 aliphatic carbocycles. The van der Waals surface area contributed by atoms with Crippen molar-refractivity contribution in [1.29, 1.82) is 0 Å². The van der Waals surface area contributed by atoms with Gasteiger partial charge in [-0.15, -0.1) is 0 Å². The molecule has 54 valence electrons. The maximum atomic E-state index is 8.56. The van der Waals surface area contributed by atoms with E-state index in [1.807, 2.05) is 6.07 Å². The Balaban J connectivity index is 0.000000218. The Hall–Kier alpha value is -0.510. The minimum atomic E-state index is -1.83. The monoisotopic (exact) mass is 162 g/mol. The Morgan fingerprint density at radius 1 is 1.18 bits per heavy atom. The van der Waals surface area contributed by atoms with Crippen LogP contribution in [-0.4, -0.2) is 44.3 Å². The summed E-state index contributed by atoms with van der Waals surface area (Å²) in [7, 11) is 0. The van der Waals surface area contributed by atoms with Gasteiger partial charge >= 0.3 is 67.2 Å². The molecule has 11 heavy (non-hydrogen) atoms. The Labute approximate surface area is 82.1 Å². The normalized spacial score (nSPS) is 7.82. The fourth-order valence-corrected chi connectivity index (χ4v) is 0.919. The van der Waals surface area contributed by atoms with Crippen LogP contribution >= 0.6 is 0 Å². The average Bonchev–Trinajstić information content (AvgIpc) is 1.87. The van der Waals surface area contributed by atoms with E-state index in [1.54, 1.807) is 0 Å². The standard InChI is InChI=1S/C6H5.CH2O3.Na/c1-2-4-6-5-3-1;2-1(3)4;/h1-5H;(H2,2,3,4);. The van der Waals surface area contributed by atoms with Crippen LogP contribution in [0.15, 0.2) is 30.3 Å². The summed E-state index contributed by atoms with van der Waals surface area (Å²) in [5.41, 5.74) is 0. The van der Waals surface area contributed by atoms with E-state index in [9.17, 15) is 0 Å². The number of hydrogen-bond acceptors (Lipinski definition) is 1. The molecule has 2 N–H and O–H groups in total. The van der Waals surface area contributed by atoms with Crippen LogP contribution in [-0.2, 0) is 0 Å². The predicted molar refractivity (Wildman–Crippen MR) is 42.5 cm³/mol. The predicted octanol–water partition coefficient (Wildman–Crippen LogP) is 0.703. The Bertz CT molecular complexity index is 206. The van der Waals surface area contributed by atoms with E-state index in [0.717, 1.165) is 0 Å². The van der Waals surface area contributed by atoms with E-state index in [4.69, 9.17) is 15.0 Å². The summed E-state index contributed by atoms with van der Waals surface area (Å²) in [5.74, 6) is 0. The summed E-state index contributed by atoms with van der Waals surface area (Å²) in [6.45, 7) is 0. The van der Waals surface area contributed by atoms with Crippen molar-refractivity contribution in [3.63, 3.8) is 0 Å². The second kappa shape index (κ2) is 6.22. The molecule has 1 aromatic carbocycles. The summed E-state index contributed by atoms with van der Waals surface area (Å²) < 4.78 is 1.46. The fourth-order valence-electron chi connectivity index (χ4n) is 0.534. The molecule has 0 aromatic heterocycles. The number of rotatable bonds is 0. The molecule has 0 saturated heterocycles. The molecule has 1 rings (SSSR count). The SMILES string of the molecule is O=C(O)O.[Na][c]1ccccc1. The molecule has 0 bridgehead atoms. The molecule has 0 amide bonds. The molecule has 0 spiro atoms. The van der Waals surface area contributed by atoms with Gasteiger partial charge in [-0.3, -0.25) is 0 Å². The van der Waals surface area contributed by atoms with Gasteiger partial charge in [0, 0.05) is 0 Å². The minimum absolute atomic E-state index is 1.17. The fraction of sp³-hybridized carbons (Fsp3) is 0. The molecule has 0 aliphatic rings. The molecule has 0 heterocycles. The van der Waals surface area contributed by atoms with Crippen LogP contribution in [0.4, 0.5) is 4.79 Å². The van der Waals surface area contributed by atoms with E-state index < -0.39 is 6.16 Å². The topological polar surface area (TPSA) is 57.5 Å². The van der Waals surface area contributed by atoms with Crippen molar-refractivity contribution in [2.75, 3.05) is 0 Å². The zero-order valence-electron chi connectivity index (χ0n) is 6.19. The van der Waals surface area contributed by atoms with E-state index in [2.05, 4.69) is 24.3 Å². The first-order valence-electron chi connectivity index (χ1n) is 3.06. The quantitative estimate of drug-likeness (QED) is 0.552. The van der Waals surface area contributed by atoms with Crippen molar-refractivity contribution < 1.29 is 15.0 Å². The molecule has 0 aliphatic heterocycles. The van der Waals surface area contributed by atoms with Crippen LogP contribution in [0.2, 0.25) is 0 Å². The molecule has 0 unspecified atom stereocenters. The Morgan fingerprint density at radius 3 is 1.73 bits per heavy atom. The molecule has 0 fully saturated rings. The summed E-state index contributed by atoms with van der Waals surface area (Å²) in [5, 5.41) is 13.9. The zero-order valence-corrected chi connectivity index (χ0v) is 8.19. The van der Waals surface area contributed by atoms with Crippen LogP contribution in [0, 0.1) is 0 Å². The van der Waals surface area contributed by atoms with Gasteiger partial charge in [0.1, 0.15) is 0 Å². The Morgan fingerprint density at radius 2 is 1.55 bits per heavy atom. The molecule has 4 heteroatoms. The molecular formula is C7H7NaO3. The van der Waals surface area contributed by atoms with E-state index in [-0.39, 0.29) is 0 Å². The van der Waals surface area contributed by atoms with Gasteiger partial charge in [0.15, 0.2) is 0 Å². The molecule has 0 atom stereocenters. The van der Waals surface area contributed by atoms with Crippen molar-refractivity contribution in [3.8, 4) is 0 Å². The number of hydrogen-bond donors (Lipinski definition) is 2. The van der Waals surface area contributed by atoms with Gasteiger partial charge in [-0.25, -0.2) is 4.79 Å². The first-order valence-corrected chi connectivity index (χ1v) is 4.06. The molecule has 1 aromatic rings. The first-order chi connectivity index (χ1) is 5.13. The van der Waals surface area contributed by atoms with E-state index >= 15 is 0 Å². The van der Waals surface area contributed by atoms with Crippen molar-refractivity contribution in [2.24, 2.45) is 0 Å². The summed E-state index contributed by atoms with van der Waals surface area (Å²) in [6, 6.07) is 10.5. The molecule has 0 radical (unpaired) electrons. The maximum absolute atomic E-state index is 8.56. The van der Waals surface area contributed by atoms with Crippen molar-refractivity contribution >= 4 is 36.9 Å². The third-order valence-corrected chi connectivity index (χ3v) is 1.61. The van der Waals surface area contributed by atoms with E-state index in [1.165, 1.54) is 30.7 Å². The summed E-state index contributed by atoms with van der Waals surface area (Å²) >= 11 is 1.17. The first kappa shape index (κ1) is 10.5. The van der Waals surface area contributed by atoms with Gasteiger partial charge in [-0.05, 0) is 0 Å². The molecule has 3 nitrogen and oxygen atoms in total. The van der Waals surface area contributed by atoms with Crippen molar-refractivity contribution in [2.45, 2.75) is 0 Å². The number of benzene rings is 1. The third-order valence-electron chi connectivity index (χ3n) is 0.940. The van der Waals surface area contributed by atoms with Gasteiger partial charge in [0.25, 0.3) is 0 Å². The van der Waals surface area contributed by atoms with Crippen LogP contribution in [0.1, 0.15) is 0 Å². The van der Waals surface area contributed by atoms with Gasteiger partial charge in [0.05, 0.1) is 0 Å². The summed E-state index contributed by atoms with van der Waals surface area (Å²) in [4.78, 5) is 8.56. The van der Waals surface area contributed by atoms with Gasteiger partial charge in [-0.1, -0.05) is 0 Å². The third kappa shape index (κ3) is 9.49. The Kier molecular flexibility index (Phi) is 5.93. The average molecular weight is 162 g/mol. The number of carboxylic acid groups (broad SMARTS) is 2.